The molecule has 1 aliphatic carbocycles. The molecule has 8 heteroatoms. The van der Waals surface area contributed by atoms with Crippen LogP contribution in [-0.2, 0) is 25.0 Å². The summed E-state index contributed by atoms with van der Waals surface area (Å²) in [5, 5.41) is 12.2. The first-order chi connectivity index (χ1) is 12.1. The summed E-state index contributed by atoms with van der Waals surface area (Å²) >= 11 is 0. The predicted molar refractivity (Wildman–Crippen MR) is 96.4 cm³/mol. The number of hydrogen-bond donors (Lipinski definition) is 3. The lowest BCUT2D eigenvalue weighted by Crippen LogP contribution is -2.42. The molecule has 0 bridgehead atoms. The maximum Gasteiger partial charge on any atom is 0.308 e. The molecule has 0 saturated heterocycles. The molecular weight excluding hydrogens is 356 g/mol. The summed E-state index contributed by atoms with van der Waals surface area (Å²) in [5.41, 5.74) is 0.421. The summed E-state index contributed by atoms with van der Waals surface area (Å²) in [7, 11) is -3.88. The second-order valence-corrected chi connectivity index (χ2v) is 9.31. The van der Waals surface area contributed by atoms with Crippen LogP contribution in [0, 0.1) is 5.92 Å². The number of rotatable bonds is 4. The van der Waals surface area contributed by atoms with E-state index in [0.717, 1.165) is 19.3 Å². The third kappa shape index (κ3) is 3.35. The highest BCUT2D eigenvalue weighted by Crippen LogP contribution is 2.38. The minimum atomic E-state index is -3.88. The quantitative estimate of drug-likeness (QED) is 0.694. The van der Waals surface area contributed by atoms with E-state index in [1.54, 1.807) is 19.9 Å². The van der Waals surface area contributed by atoms with Crippen LogP contribution in [0.2, 0.25) is 0 Å². The first kappa shape index (κ1) is 18.8. The molecule has 3 N–H and O–H groups in total. The highest BCUT2D eigenvalue weighted by Gasteiger charge is 2.39. The third-order valence-corrected chi connectivity index (χ3v) is 6.92. The van der Waals surface area contributed by atoms with Gasteiger partial charge in [-0.3, -0.25) is 9.59 Å². The number of hydrogen-bond acceptors (Lipinski definition) is 4. The van der Waals surface area contributed by atoms with Gasteiger partial charge in [0.2, 0.25) is 15.9 Å². The normalized spacial score (nSPS) is 25.2. The molecule has 2 aliphatic rings. The first-order valence-electron chi connectivity index (χ1n) is 8.84. The minimum Gasteiger partial charge on any atom is -0.481 e. The van der Waals surface area contributed by atoms with Gasteiger partial charge >= 0.3 is 5.97 Å². The summed E-state index contributed by atoms with van der Waals surface area (Å²) < 4.78 is 28.3. The first-order valence-corrected chi connectivity index (χ1v) is 10.3. The number of carboxylic acid groups (broad SMARTS) is 1. The fraction of sp³-hybridized carbons (Fsp3) is 0.556. The molecule has 7 nitrogen and oxygen atoms in total. The highest BCUT2D eigenvalue weighted by atomic mass is 32.2. The summed E-state index contributed by atoms with van der Waals surface area (Å²) in [5.74, 6) is -1.87. The molecule has 0 radical (unpaired) electrons. The molecule has 1 aromatic rings. The zero-order valence-corrected chi connectivity index (χ0v) is 15.7. The molecule has 3 rings (SSSR count). The Morgan fingerprint density at radius 2 is 1.92 bits per heavy atom. The summed E-state index contributed by atoms with van der Waals surface area (Å²) in [6.45, 7) is 3.48. The van der Waals surface area contributed by atoms with Crippen LogP contribution in [-0.4, -0.2) is 31.4 Å². The largest absolute Gasteiger partial charge is 0.481 e. The molecule has 1 amide bonds. The van der Waals surface area contributed by atoms with E-state index in [4.69, 9.17) is 0 Å². The van der Waals surface area contributed by atoms with Crippen molar-refractivity contribution in [3.05, 3.63) is 23.8 Å². The predicted octanol–water partition coefficient (Wildman–Crippen LogP) is 2.23. The Morgan fingerprint density at radius 3 is 2.62 bits per heavy atom. The molecule has 2 atom stereocenters. The molecule has 1 aliphatic heterocycles. The maximum atomic E-state index is 12.9. The van der Waals surface area contributed by atoms with E-state index < -0.39 is 33.4 Å². The number of carboxylic acids is 1. The van der Waals surface area contributed by atoms with Crippen molar-refractivity contribution in [2.45, 2.75) is 62.3 Å². The van der Waals surface area contributed by atoms with E-state index in [2.05, 4.69) is 10.0 Å². The minimum absolute atomic E-state index is 0.0502. The van der Waals surface area contributed by atoms with Crippen LogP contribution in [0.3, 0.4) is 0 Å². The lowest BCUT2D eigenvalue weighted by atomic mass is 9.86. The summed E-state index contributed by atoms with van der Waals surface area (Å²) in [4.78, 5) is 23.6. The van der Waals surface area contributed by atoms with Gasteiger partial charge in [0, 0.05) is 11.7 Å². The van der Waals surface area contributed by atoms with E-state index in [0.29, 0.717) is 24.1 Å². The maximum absolute atomic E-state index is 12.9. The molecule has 1 saturated carbocycles. The second kappa shape index (κ2) is 6.66. The van der Waals surface area contributed by atoms with Crippen molar-refractivity contribution in [3.63, 3.8) is 0 Å². The molecular formula is C18H24N2O5S. The molecule has 0 unspecified atom stereocenters. The van der Waals surface area contributed by atoms with Crippen LogP contribution >= 0.6 is 0 Å². The highest BCUT2D eigenvalue weighted by molar-refractivity contribution is 7.89. The lowest BCUT2D eigenvalue weighted by Gasteiger charge is -2.23. The van der Waals surface area contributed by atoms with Gasteiger partial charge in [-0.25, -0.2) is 13.1 Å². The van der Waals surface area contributed by atoms with Gasteiger partial charge in [0.15, 0.2) is 0 Å². The number of nitrogens with one attached hydrogen (secondary N) is 2. The van der Waals surface area contributed by atoms with E-state index in [1.165, 1.54) is 12.1 Å². The van der Waals surface area contributed by atoms with Crippen molar-refractivity contribution in [3.8, 4) is 0 Å². The second-order valence-electron chi connectivity index (χ2n) is 7.60. The van der Waals surface area contributed by atoms with E-state index in [9.17, 15) is 23.1 Å². The van der Waals surface area contributed by atoms with E-state index in [1.807, 2.05) is 0 Å². The van der Waals surface area contributed by atoms with Crippen molar-refractivity contribution in [2.75, 3.05) is 5.32 Å². The monoisotopic (exact) mass is 380 g/mol. The van der Waals surface area contributed by atoms with Gasteiger partial charge < -0.3 is 10.4 Å². The number of aliphatic carboxylic acids is 1. The van der Waals surface area contributed by atoms with Crippen LogP contribution in [0.5, 0.6) is 0 Å². The van der Waals surface area contributed by atoms with Gasteiger partial charge in [0.1, 0.15) is 0 Å². The number of amides is 1. The van der Waals surface area contributed by atoms with Gasteiger partial charge in [0.25, 0.3) is 0 Å². The average molecular weight is 380 g/mol. The van der Waals surface area contributed by atoms with E-state index >= 15 is 0 Å². The van der Waals surface area contributed by atoms with Crippen LogP contribution in [0.25, 0.3) is 0 Å². The van der Waals surface area contributed by atoms with E-state index in [-0.39, 0.29) is 10.8 Å². The zero-order chi connectivity index (χ0) is 19.1. The Labute approximate surface area is 153 Å². The molecule has 0 spiro atoms. The smallest absolute Gasteiger partial charge is 0.308 e. The lowest BCUT2D eigenvalue weighted by molar-refractivity contribution is -0.142. The Bertz CT molecular complexity index is 847. The zero-order valence-electron chi connectivity index (χ0n) is 14.9. The summed E-state index contributed by atoms with van der Waals surface area (Å²) in [6, 6.07) is 3.90. The standard InChI is InChI=1S/C18H24N2O5S/c1-18(2)13-10-11(8-9-15(13)19-17(18)23)26(24,25)20-14-7-5-3-4-6-12(14)16(21)22/h8-10,12,14,20H,3-7H2,1-2H3,(H,19,23)(H,21,22)/t12-,14+/m0/s1. The third-order valence-electron chi connectivity index (χ3n) is 5.43. The average Bonchev–Trinajstić information content (AvgIpc) is 2.71. The Balaban J connectivity index is 1.90. The number of anilines is 1. The Morgan fingerprint density at radius 1 is 1.23 bits per heavy atom. The van der Waals surface area contributed by atoms with Gasteiger partial charge in [-0.1, -0.05) is 19.3 Å². The number of carbonyl (C=O) groups excluding carboxylic acids is 1. The van der Waals surface area contributed by atoms with Crippen molar-refractivity contribution in [2.24, 2.45) is 5.92 Å². The summed E-state index contributed by atoms with van der Waals surface area (Å²) in [6.07, 6.45) is 3.47. The number of sulfonamides is 1. The van der Waals surface area contributed by atoms with Crippen molar-refractivity contribution < 1.29 is 23.1 Å². The molecule has 1 fully saturated rings. The van der Waals surface area contributed by atoms with Crippen molar-refractivity contribution >= 4 is 27.6 Å². The van der Waals surface area contributed by atoms with Crippen LogP contribution in [0.15, 0.2) is 23.1 Å². The van der Waals surface area contributed by atoms with Crippen molar-refractivity contribution in [1.29, 1.82) is 0 Å². The Hall–Kier alpha value is -1.93. The van der Waals surface area contributed by atoms with Crippen LogP contribution < -0.4 is 10.0 Å². The van der Waals surface area contributed by atoms with Gasteiger partial charge in [-0.05, 0) is 50.5 Å². The van der Waals surface area contributed by atoms with Crippen molar-refractivity contribution in [1.82, 2.24) is 4.72 Å². The van der Waals surface area contributed by atoms with Crippen LogP contribution in [0.1, 0.15) is 51.5 Å². The van der Waals surface area contributed by atoms with Gasteiger partial charge in [0.05, 0.1) is 16.2 Å². The number of carbonyl (C=O) groups is 2. The van der Waals surface area contributed by atoms with Gasteiger partial charge in [-0.2, -0.15) is 0 Å². The molecule has 1 heterocycles. The molecule has 1 aromatic carbocycles. The van der Waals surface area contributed by atoms with Crippen LogP contribution in [0.4, 0.5) is 5.69 Å². The molecule has 26 heavy (non-hydrogen) atoms. The van der Waals surface area contributed by atoms with Gasteiger partial charge in [-0.15, -0.1) is 0 Å². The SMILES string of the molecule is CC1(C)C(=O)Nc2ccc(S(=O)(=O)N[C@@H]3CCCCC[C@@H]3C(=O)O)cc21. The number of fused-ring (bicyclic) bond motifs is 1. The topological polar surface area (TPSA) is 113 Å². The fourth-order valence-electron chi connectivity index (χ4n) is 3.73. The molecule has 142 valence electrons. The Kier molecular flexibility index (Phi) is 4.83. The fourth-order valence-corrected chi connectivity index (χ4v) is 5.07. The number of benzene rings is 1. The molecule has 0 aromatic heterocycles.